The van der Waals surface area contributed by atoms with Crippen LogP contribution in [0.2, 0.25) is 0 Å². The van der Waals surface area contributed by atoms with Crippen molar-refractivity contribution < 1.29 is 9.53 Å². The van der Waals surface area contributed by atoms with E-state index in [9.17, 15) is 4.79 Å². The maximum absolute atomic E-state index is 11.9. The van der Waals surface area contributed by atoms with Crippen LogP contribution in [-0.4, -0.2) is 35.4 Å². The molecular weight excluding hydrogens is 342 g/mol. The Kier molecular flexibility index (Phi) is 7.51. The van der Waals surface area contributed by atoms with Crippen molar-refractivity contribution in [1.29, 1.82) is 0 Å². The number of benzene rings is 1. The normalized spacial score (nSPS) is 10.0. The molecule has 2 N–H and O–H groups in total. The predicted molar refractivity (Wildman–Crippen MR) is 101 cm³/mol. The standard InChI is InChI=1S/C17H19N3O2S2/c1-22-15-8-5-9-18-14(15)12-24-11-10-19-17(23)20-16(21)13-6-3-2-4-7-13/h2-9H,10-12H2,1H3,(H2,19,20,21,23). The molecule has 24 heavy (non-hydrogen) atoms. The fourth-order valence-corrected chi connectivity index (χ4v) is 2.93. The van der Waals surface area contributed by atoms with Gasteiger partial charge in [0.05, 0.1) is 12.8 Å². The zero-order chi connectivity index (χ0) is 17.2. The molecule has 0 saturated carbocycles. The van der Waals surface area contributed by atoms with E-state index in [1.54, 1.807) is 37.2 Å². The van der Waals surface area contributed by atoms with Crippen LogP contribution in [-0.2, 0) is 5.75 Å². The van der Waals surface area contributed by atoms with Gasteiger partial charge in [-0.25, -0.2) is 0 Å². The molecule has 0 aliphatic heterocycles. The maximum Gasteiger partial charge on any atom is 0.257 e. The van der Waals surface area contributed by atoms with Crippen molar-refractivity contribution >= 4 is 35.0 Å². The summed E-state index contributed by atoms with van der Waals surface area (Å²) in [6.45, 7) is 0.660. The first kappa shape index (κ1) is 18.2. The van der Waals surface area contributed by atoms with E-state index in [1.165, 1.54) is 0 Å². The summed E-state index contributed by atoms with van der Waals surface area (Å²) in [7, 11) is 1.64. The monoisotopic (exact) mass is 361 g/mol. The number of carbonyl (C=O) groups excluding carboxylic acids is 1. The highest BCUT2D eigenvalue weighted by Crippen LogP contribution is 2.19. The summed E-state index contributed by atoms with van der Waals surface area (Å²) in [5.74, 6) is 2.18. The third-order valence-corrected chi connectivity index (χ3v) is 4.32. The molecule has 0 radical (unpaired) electrons. The minimum absolute atomic E-state index is 0.209. The van der Waals surface area contributed by atoms with Crippen LogP contribution < -0.4 is 15.4 Å². The third-order valence-electron chi connectivity index (χ3n) is 3.10. The molecule has 1 aromatic carbocycles. The number of carbonyl (C=O) groups is 1. The molecule has 0 fully saturated rings. The number of hydrogen-bond donors (Lipinski definition) is 2. The van der Waals surface area contributed by atoms with Crippen molar-refractivity contribution in [2.24, 2.45) is 0 Å². The van der Waals surface area contributed by atoms with E-state index < -0.39 is 0 Å². The number of thioether (sulfide) groups is 1. The molecule has 0 bridgehead atoms. The Balaban J connectivity index is 1.65. The summed E-state index contributed by atoms with van der Waals surface area (Å²) in [5, 5.41) is 6.02. The van der Waals surface area contributed by atoms with E-state index in [-0.39, 0.29) is 5.91 Å². The van der Waals surface area contributed by atoms with Gasteiger partial charge < -0.3 is 10.1 Å². The summed E-state index contributed by atoms with van der Waals surface area (Å²) in [4.78, 5) is 16.2. The summed E-state index contributed by atoms with van der Waals surface area (Å²) < 4.78 is 5.27. The number of nitrogens with one attached hydrogen (secondary N) is 2. The minimum atomic E-state index is -0.209. The van der Waals surface area contributed by atoms with Crippen LogP contribution in [0.3, 0.4) is 0 Å². The number of amides is 1. The van der Waals surface area contributed by atoms with Crippen molar-refractivity contribution in [1.82, 2.24) is 15.6 Å². The highest BCUT2D eigenvalue weighted by Gasteiger charge is 2.07. The van der Waals surface area contributed by atoms with E-state index in [0.29, 0.717) is 17.2 Å². The number of ether oxygens (including phenoxy) is 1. The SMILES string of the molecule is COc1cccnc1CSCCNC(=S)NC(=O)c1ccccc1. The Hall–Kier alpha value is -2.12. The second-order valence-electron chi connectivity index (χ2n) is 4.78. The number of pyridine rings is 1. The van der Waals surface area contributed by atoms with Crippen LogP contribution in [0.5, 0.6) is 5.75 Å². The van der Waals surface area contributed by atoms with Gasteiger partial charge in [0.25, 0.3) is 5.91 Å². The van der Waals surface area contributed by atoms with Crippen molar-refractivity contribution in [2.75, 3.05) is 19.4 Å². The largest absolute Gasteiger partial charge is 0.495 e. The molecule has 0 spiro atoms. The van der Waals surface area contributed by atoms with Gasteiger partial charge in [-0.2, -0.15) is 11.8 Å². The van der Waals surface area contributed by atoms with Gasteiger partial charge in [0.15, 0.2) is 5.11 Å². The fraction of sp³-hybridized carbons (Fsp3) is 0.235. The lowest BCUT2D eigenvalue weighted by Crippen LogP contribution is -2.40. The van der Waals surface area contributed by atoms with Gasteiger partial charge in [-0.15, -0.1) is 0 Å². The molecule has 1 amide bonds. The average molecular weight is 361 g/mol. The number of methoxy groups -OCH3 is 1. The average Bonchev–Trinajstić information content (AvgIpc) is 2.62. The van der Waals surface area contributed by atoms with Gasteiger partial charge in [-0.05, 0) is 36.5 Å². The Bertz CT molecular complexity index is 681. The summed E-state index contributed by atoms with van der Waals surface area (Å²) in [5.41, 5.74) is 1.50. The Morgan fingerprint density at radius 2 is 2.04 bits per heavy atom. The molecular formula is C17H19N3O2S2. The molecule has 0 atom stereocenters. The molecule has 1 aromatic heterocycles. The number of aromatic nitrogens is 1. The lowest BCUT2D eigenvalue weighted by atomic mass is 10.2. The first-order chi connectivity index (χ1) is 11.7. The van der Waals surface area contributed by atoms with Crippen LogP contribution >= 0.6 is 24.0 Å². The molecule has 0 aliphatic carbocycles. The van der Waals surface area contributed by atoms with E-state index in [1.807, 2.05) is 30.3 Å². The van der Waals surface area contributed by atoms with Crippen LogP contribution in [0.4, 0.5) is 0 Å². The highest BCUT2D eigenvalue weighted by atomic mass is 32.2. The van der Waals surface area contributed by atoms with Crippen molar-refractivity contribution in [3.05, 3.63) is 59.9 Å². The molecule has 2 rings (SSSR count). The second-order valence-corrected chi connectivity index (χ2v) is 6.29. The Morgan fingerprint density at radius 3 is 2.79 bits per heavy atom. The maximum atomic E-state index is 11.9. The smallest absolute Gasteiger partial charge is 0.257 e. The lowest BCUT2D eigenvalue weighted by molar-refractivity contribution is 0.0976. The number of hydrogen-bond acceptors (Lipinski definition) is 5. The van der Waals surface area contributed by atoms with Gasteiger partial charge in [-0.3, -0.25) is 15.1 Å². The molecule has 0 aliphatic rings. The molecule has 0 saturated heterocycles. The van der Waals surface area contributed by atoms with Crippen molar-refractivity contribution in [3.63, 3.8) is 0 Å². The van der Waals surface area contributed by atoms with Gasteiger partial charge in [0, 0.05) is 29.8 Å². The molecule has 7 heteroatoms. The zero-order valence-corrected chi connectivity index (χ0v) is 15.0. The quantitative estimate of drug-likeness (QED) is 0.584. The third kappa shape index (κ3) is 5.82. The van der Waals surface area contributed by atoms with Gasteiger partial charge >= 0.3 is 0 Å². The molecule has 2 aromatic rings. The molecule has 126 valence electrons. The van der Waals surface area contributed by atoms with E-state index in [0.717, 1.165) is 22.9 Å². The van der Waals surface area contributed by atoms with Gasteiger partial charge in [0.2, 0.25) is 0 Å². The van der Waals surface area contributed by atoms with Crippen molar-refractivity contribution in [2.45, 2.75) is 5.75 Å². The zero-order valence-electron chi connectivity index (χ0n) is 13.3. The number of thiocarbonyl (C=S) groups is 1. The molecule has 5 nitrogen and oxygen atoms in total. The first-order valence-corrected chi connectivity index (χ1v) is 8.97. The molecule has 0 unspecified atom stereocenters. The second kappa shape index (κ2) is 9.89. The summed E-state index contributed by atoms with van der Waals surface area (Å²) in [6, 6.07) is 12.7. The van der Waals surface area contributed by atoms with E-state index in [4.69, 9.17) is 17.0 Å². The fourth-order valence-electron chi connectivity index (χ4n) is 1.93. The van der Waals surface area contributed by atoms with Gasteiger partial charge in [0.1, 0.15) is 5.75 Å². The Morgan fingerprint density at radius 1 is 1.25 bits per heavy atom. The van der Waals surface area contributed by atoms with Crippen LogP contribution in [0, 0.1) is 0 Å². The minimum Gasteiger partial charge on any atom is -0.495 e. The van der Waals surface area contributed by atoms with Crippen LogP contribution in [0.15, 0.2) is 48.7 Å². The topological polar surface area (TPSA) is 63.2 Å². The molecule has 1 heterocycles. The van der Waals surface area contributed by atoms with Crippen molar-refractivity contribution in [3.8, 4) is 5.75 Å². The van der Waals surface area contributed by atoms with E-state index >= 15 is 0 Å². The lowest BCUT2D eigenvalue weighted by Gasteiger charge is -2.10. The van der Waals surface area contributed by atoms with Crippen LogP contribution in [0.25, 0.3) is 0 Å². The Labute approximate surface area is 151 Å². The van der Waals surface area contributed by atoms with E-state index in [2.05, 4.69) is 15.6 Å². The van der Waals surface area contributed by atoms with Gasteiger partial charge in [-0.1, -0.05) is 18.2 Å². The summed E-state index contributed by atoms with van der Waals surface area (Å²) in [6.07, 6.45) is 1.75. The number of rotatable bonds is 7. The summed E-state index contributed by atoms with van der Waals surface area (Å²) >= 11 is 6.84. The van der Waals surface area contributed by atoms with Crippen LogP contribution in [0.1, 0.15) is 16.1 Å². The highest BCUT2D eigenvalue weighted by molar-refractivity contribution is 7.98. The number of nitrogens with zero attached hydrogens (tertiary/aromatic N) is 1. The predicted octanol–water partition coefficient (Wildman–Crippen LogP) is 2.63. The first-order valence-electron chi connectivity index (χ1n) is 7.40.